The molecule has 2 heterocycles. The van der Waals surface area contributed by atoms with Gasteiger partial charge in [0.1, 0.15) is 5.54 Å². The molecule has 2 atom stereocenters. The second-order valence-corrected chi connectivity index (χ2v) is 5.79. The largest absolute Gasteiger partial charge is 0.371 e. The molecule has 2 unspecified atom stereocenters. The number of pyridine rings is 1. The average Bonchev–Trinajstić information content (AvgIpc) is 2.53. The molecule has 5 nitrogen and oxygen atoms in total. The van der Waals surface area contributed by atoms with Gasteiger partial charge in [0.05, 0.1) is 0 Å². The van der Waals surface area contributed by atoms with Crippen molar-refractivity contribution >= 4 is 5.96 Å². The van der Waals surface area contributed by atoms with Crippen molar-refractivity contribution in [1.82, 2.24) is 9.88 Å². The maximum absolute atomic E-state index is 10.5. The molecule has 1 aromatic heterocycles. The third kappa shape index (κ3) is 2.87. The minimum absolute atomic E-state index is 0.402. The SMILES string of the molecule is CC(C)CC1(C)N=C(N)N(Cc2cccnc2)C1O. The van der Waals surface area contributed by atoms with Gasteiger partial charge in [-0.3, -0.25) is 4.98 Å². The van der Waals surface area contributed by atoms with Crippen LogP contribution in [0, 0.1) is 5.92 Å². The van der Waals surface area contributed by atoms with E-state index in [4.69, 9.17) is 5.73 Å². The molecule has 0 fully saturated rings. The highest BCUT2D eigenvalue weighted by Crippen LogP contribution is 2.32. The van der Waals surface area contributed by atoms with Crippen molar-refractivity contribution in [2.45, 2.75) is 45.5 Å². The number of guanidine groups is 1. The fraction of sp³-hybridized carbons (Fsp3) is 0.571. The first-order chi connectivity index (χ1) is 8.92. The number of aliphatic hydroxyl groups is 1. The summed E-state index contributed by atoms with van der Waals surface area (Å²) in [5.41, 5.74) is 6.44. The van der Waals surface area contributed by atoms with E-state index in [-0.39, 0.29) is 0 Å². The number of hydrogen-bond acceptors (Lipinski definition) is 5. The molecule has 0 aromatic carbocycles. The van der Waals surface area contributed by atoms with Crippen LogP contribution in [0.15, 0.2) is 29.5 Å². The number of nitrogens with two attached hydrogens (primary N) is 1. The second-order valence-electron chi connectivity index (χ2n) is 5.79. The van der Waals surface area contributed by atoms with Crippen LogP contribution in [0.3, 0.4) is 0 Å². The number of aliphatic imine (C=N–C) groups is 1. The quantitative estimate of drug-likeness (QED) is 0.858. The maximum Gasteiger partial charge on any atom is 0.194 e. The van der Waals surface area contributed by atoms with Gasteiger partial charge in [0, 0.05) is 18.9 Å². The van der Waals surface area contributed by atoms with Gasteiger partial charge < -0.3 is 15.7 Å². The highest BCUT2D eigenvalue weighted by Gasteiger charge is 2.43. The van der Waals surface area contributed by atoms with Crippen LogP contribution in [-0.4, -0.2) is 32.7 Å². The Morgan fingerprint density at radius 3 is 2.84 bits per heavy atom. The van der Waals surface area contributed by atoms with E-state index in [1.165, 1.54) is 0 Å². The van der Waals surface area contributed by atoms with Gasteiger partial charge in [0.15, 0.2) is 12.2 Å². The Balaban J connectivity index is 2.14. The smallest absolute Gasteiger partial charge is 0.194 e. The molecule has 0 spiro atoms. The summed E-state index contributed by atoms with van der Waals surface area (Å²) in [7, 11) is 0. The van der Waals surface area contributed by atoms with E-state index in [2.05, 4.69) is 23.8 Å². The normalized spacial score (nSPS) is 26.9. The first kappa shape index (κ1) is 13.8. The average molecular weight is 262 g/mol. The van der Waals surface area contributed by atoms with Crippen molar-refractivity contribution in [1.29, 1.82) is 0 Å². The molecule has 2 rings (SSSR count). The van der Waals surface area contributed by atoms with Gasteiger partial charge in [-0.15, -0.1) is 0 Å². The maximum atomic E-state index is 10.5. The summed E-state index contributed by atoms with van der Waals surface area (Å²) in [6.45, 7) is 6.71. The second kappa shape index (κ2) is 5.17. The van der Waals surface area contributed by atoms with Crippen molar-refractivity contribution in [2.75, 3.05) is 0 Å². The van der Waals surface area contributed by atoms with Crippen LogP contribution in [0.4, 0.5) is 0 Å². The molecule has 3 N–H and O–H groups in total. The van der Waals surface area contributed by atoms with Gasteiger partial charge in [-0.2, -0.15) is 0 Å². The summed E-state index contributed by atoms with van der Waals surface area (Å²) in [4.78, 5) is 10.3. The fourth-order valence-electron chi connectivity index (χ4n) is 2.68. The molecule has 0 radical (unpaired) electrons. The number of aliphatic hydroxyl groups excluding tert-OH is 1. The van der Waals surface area contributed by atoms with Gasteiger partial charge in [-0.1, -0.05) is 19.9 Å². The molecule has 104 valence electrons. The Morgan fingerprint density at radius 2 is 2.26 bits per heavy atom. The van der Waals surface area contributed by atoms with E-state index in [0.717, 1.165) is 12.0 Å². The van der Waals surface area contributed by atoms with Gasteiger partial charge in [0.25, 0.3) is 0 Å². The lowest BCUT2D eigenvalue weighted by molar-refractivity contribution is 0.000185. The molecule has 0 saturated heterocycles. The van der Waals surface area contributed by atoms with Crippen LogP contribution < -0.4 is 5.73 Å². The number of rotatable bonds is 4. The Kier molecular flexibility index (Phi) is 3.75. The number of nitrogens with zero attached hydrogens (tertiary/aromatic N) is 3. The lowest BCUT2D eigenvalue weighted by atomic mass is 9.90. The summed E-state index contributed by atoms with van der Waals surface area (Å²) >= 11 is 0. The van der Waals surface area contributed by atoms with Gasteiger partial charge >= 0.3 is 0 Å². The molecule has 0 aliphatic carbocycles. The van der Waals surface area contributed by atoms with Crippen molar-refractivity contribution in [3.05, 3.63) is 30.1 Å². The van der Waals surface area contributed by atoms with E-state index >= 15 is 0 Å². The zero-order chi connectivity index (χ0) is 14.0. The predicted molar refractivity (Wildman–Crippen MR) is 75.3 cm³/mol. The molecule has 19 heavy (non-hydrogen) atoms. The lowest BCUT2D eigenvalue weighted by Gasteiger charge is -2.31. The summed E-state index contributed by atoms with van der Waals surface area (Å²) in [5.74, 6) is 0.856. The van der Waals surface area contributed by atoms with Crippen LogP contribution in [0.2, 0.25) is 0 Å². The molecule has 0 amide bonds. The van der Waals surface area contributed by atoms with Crippen LogP contribution in [0.1, 0.15) is 32.8 Å². The molecule has 1 aliphatic rings. The topological polar surface area (TPSA) is 74.7 Å². The Morgan fingerprint density at radius 1 is 1.53 bits per heavy atom. The molecule has 0 saturated carbocycles. The zero-order valence-electron chi connectivity index (χ0n) is 11.7. The van der Waals surface area contributed by atoms with E-state index in [1.54, 1.807) is 17.3 Å². The molecular formula is C14H22N4O. The van der Waals surface area contributed by atoms with Crippen LogP contribution in [0.25, 0.3) is 0 Å². The molecular weight excluding hydrogens is 240 g/mol. The van der Waals surface area contributed by atoms with E-state index in [9.17, 15) is 5.11 Å². The Labute approximate surface area is 114 Å². The van der Waals surface area contributed by atoms with Gasteiger partial charge in [-0.05, 0) is 30.9 Å². The third-order valence-corrected chi connectivity index (χ3v) is 3.41. The van der Waals surface area contributed by atoms with Gasteiger partial charge in [-0.25, -0.2) is 4.99 Å². The highest BCUT2D eigenvalue weighted by atomic mass is 16.3. The zero-order valence-corrected chi connectivity index (χ0v) is 11.7. The molecule has 0 bridgehead atoms. The predicted octanol–water partition coefficient (Wildman–Crippen LogP) is 1.34. The summed E-state index contributed by atoms with van der Waals surface area (Å²) in [6.07, 6.45) is 3.62. The van der Waals surface area contributed by atoms with Crippen LogP contribution in [0.5, 0.6) is 0 Å². The first-order valence-electron chi connectivity index (χ1n) is 6.61. The monoisotopic (exact) mass is 262 g/mol. The van der Waals surface area contributed by atoms with Crippen molar-refractivity contribution < 1.29 is 5.11 Å². The standard InChI is InChI=1S/C14H22N4O/c1-10(2)7-14(3)12(19)18(13(15)17-14)9-11-5-4-6-16-8-11/h4-6,8,10,12,19H,7,9H2,1-3H3,(H2,15,17). The third-order valence-electron chi connectivity index (χ3n) is 3.41. The number of hydrogen-bond donors (Lipinski definition) is 2. The fourth-order valence-corrected chi connectivity index (χ4v) is 2.68. The Bertz CT molecular complexity index is 460. The summed E-state index contributed by atoms with van der Waals surface area (Å²) < 4.78 is 0. The van der Waals surface area contributed by atoms with Crippen LogP contribution in [-0.2, 0) is 6.54 Å². The summed E-state index contributed by atoms with van der Waals surface area (Å²) in [6, 6.07) is 3.84. The van der Waals surface area contributed by atoms with E-state index in [1.807, 2.05) is 19.1 Å². The minimum Gasteiger partial charge on any atom is -0.371 e. The highest BCUT2D eigenvalue weighted by molar-refractivity contribution is 5.81. The minimum atomic E-state index is -0.685. The summed E-state index contributed by atoms with van der Waals surface area (Å²) in [5, 5.41) is 10.5. The first-order valence-corrected chi connectivity index (χ1v) is 6.61. The molecule has 1 aromatic rings. The van der Waals surface area contributed by atoms with E-state index in [0.29, 0.717) is 18.4 Å². The molecule has 1 aliphatic heterocycles. The van der Waals surface area contributed by atoms with Crippen LogP contribution >= 0.6 is 0 Å². The lowest BCUT2D eigenvalue weighted by Crippen LogP contribution is -2.47. The van der Waals surface area contributed by atoms with Gasteiger partial charge in [0.2, 0.25) is 0 Å². The van der Waals surface area contributed by atoms with Crippen molar-refractivity contribution in [3.63, 3.8) is 0 Å². The van der Waals surface area contributed by atoms with Crippen molar-refractivity contribution in [2.24, 2.45) is 16.6 Å². The number of aromatic nitrogens is 1. The molecule has 5 heteroatoms. The van der Waals surface area contributed by atoms with E-state index < -0.39 is 11.8 Å². The van der Waals surface area contributed by atoms with Crippen molar-refractivity contribution in [3.8, 4) is 0 Å². The Hall–Kier alpha value is -1.62.